The van der Waals surface area contributed by atoms with E-state index in [2.05, 4.69) is 19.2 Å². The SMILES string of the molecule is CCCNC1CCCc2nc(C(CCC)OC)sc21. The van der Waals surface area contributed by atoms with Gasteiger partial charge in [-0.15, -0.1) is 11.3 Å². The molecule has 0 saturated carbocycles. The lowest BCUT2D eigenvalue weighted by atomic mass is 9.98. The van der Waals surface area contributed by atoms with Gasteiger partial charge in [-0.25, -0.2) is 4.98 Å². The third kappa shape index (κ3) is 3.56. The van der Waals surface area contributed by atoms with Crippen molar-refractivity contribution in [2.24, 2.45) is 0 Å². The van der Waals surface area contributed by atoms with Gasteiger partial charge in [0.15, 0.2) is 0 Å². The quantitative estimate of drug-likeness (QED) is 0.820. The van der Waals surface area contributed by atoms with Crippen molar-refractivity contribution in [1.82, 2.24) is 10.3 Å². The van der Waals surface area contributed by atoms with Gasteiger partial charge in [0.05, 0.1) is 5.69 Å². The minimum absolute atomic E-state index is 0.187. The molecule has 0 amide bonds. The fourth-order valence-corrected chi connectivity index (χ4v) is 4.03. The van der Waals surface area contributed by atoms with Gasteiger partial charge in [0.25, 0.3) is 0 Å². The van der Waals surface area contributed by atoms with Crippen molar-refractivity contribution in [3.05, 3.63) is 15.6 Å². The Hall–Kier alpha value is -0.450. The Morgan fingerprint density at radius 1 is 1.42 bits per heavy atom. The van der Waals surface area contributed by atoms with Crippen LogP contribution in [0.3, 0.4) is 0 Å². The van der Waals surface area contributed by atoms with Crippen LogP contribution in [0.15, 0.2) is 0 Å². The number of thiazole rings is 1. The van der Waals surface area contributed by atoms with E-state index in [4.69, 9.17) is 9.72 Å². The second kappa shape index (κ2) is 7.36. The minimum Gasteiger partial charge on any atom is -0.374 e. The summed E-state index contributed by atoms with van der Waals surface area (Å²) in [6.45, 7) is 5.52. The number of ether oxygens (including phenoxy) is 1. The monoisotopic (exact) mass is 282 g/mol. The molecule has 0 bridgehead atoms. The average molecular weight is 282 g/mol. The Bertz CT molecular complexity index is 391. The Morgan fingerprint density at radius 3 is 2.95 bits per heavy atom. The van der Waals surface area contributed by atoms with E-state index in [-0.39, 0.29) is 6.10 Å². The number of nitrogens with zero attached hydrogens (tertiary/aromatic N) is 1. The number of nitrogens with one attached hydrogen (secondary N) is 1. The first kappa shape index (κ1) is 14.9. The van der Waals surface area contributed by atoms with E-state index in [1.807, 2.05) is 11.3 Å². The second-order valence-electron chi connectivity index (χ2n) is 5.28. The molecule has 0 aliphatic heterocycles. The number of rotatable bonds is 7. The molecule has 108 valence electrons. The molecule has 4 heteroatoms. The third-order valence-corrected chi connectivity index (χ3v) is 5.02. The van der Waals surface area contributed by atoms with Crippen molar-refractivity contribution in [2.75, 3.05) is 13.7 Å². The number of fused-ring (bicyclic) bond motifs is 1. The van der Waals surface area contributed by atoms with Crippen LogP contribution in [0, 0.1) is 0 Å². The summed E-state index contributed by atoms with van der Waals surface area (Å²) in [6.07, 6.45) is 7.22. The first-order valence-corrected chi connectivity index (χ1v) is 8.37. The Kier molecular flexibility index (Phi) is 5.79. The van der Waals surface area contributed by atoms with Gasteiger partial charge in [-0.1, -0.05) is 20.3 Å². The van der Waals surface area contributed by atoms with Crippen LogP contribution in [-0.4, -0.2) is 18.6 Å². The van der Waals surface area contributed by atoms with E-state index in [0.29, 0.717) is 6.04 Å². The summed E-state index contributed by atoms with van der Waals surface area (Å²) in [6, 6.07) is 0.522. The van der Waals surface area contributed by atoms with Crippen molar-refractivity contribution in [3.63, 3.8) is 0 Å². The molecule has 19 heavy (non-hydrogen) atoms. The lowest BCUT2D eigenvalue weighted by Gasteiger charge is -2.22. The van der Waals surface area contributed by atoms with Crippen LogP contribution in [-0.2, 0) is 11.2 Å². The van der Waals surface area contributed by atoms with Crippen LogP contribution in [0.4, 0.5) is 0 Å². The highest BCUT2D eigenvalue weighted by atomic mass is 32.1. The summed E-state index contributed by atoms with van der Waals surface area (Å²) >= 11 is 1.87. The summed E-state index contributed by atoms with van der Waals surface area (Å²) < 4.78 is 5.60. The highest BCUT2D eigenvalue weighted by Gasteiger charge is 2.26. The lowest BCUT2D eigenvalue weighted by molar-refractivity contribution is 0.0946. The molecule has 0 aromatic carbocycles. The molecule has 1 aromatic rings. The molecule has 0 radical (unpaired) electrons. The van der Waals surface area contributed by atoms with Crippen LogP contribution in [0.25, 0.3) is 0 Å². The van der Waals surface area contributed by atoms with Gasteiger partial charge in [-0.05, 0) is 38.6 Å². The normalized spacial score (nSPS) is 20.3. The zero-order valence-electron chi connectivity index (χ0n) is 12.4. The molecule has 0 fully saturated rings. The molecule has 1 aliphatic carbocycles. The molecular formula is C15H26N2OS. The highest BCUT2D eigenvalue weighted by molar-refractivity contribution is 7.11. The zero-order valence-corrected chi connectivity index (χ0v) is 13.2. The van der Waals surface area contributed by atoms with Gasteiger partial charge in [-0.3, -0.25) is 0 Å². The third-order valence-electron chi connectivity index (χ3n) is 3.72. The van der Waals surface area contributed by atoms with E-state index in [0.717, 1.165) is 25.8 Å². The van der Waals surface area contributed by atoms with E-state index < -0.39 is 0 Å². The van der Waals surface area contributed by atoms with E-state index in [1.165, 1.54) is 34.8 Å². The molecule has 3 nitrogen and oxygen atoms in total. The Balaban J connectivity index is 2.15. The van der Waals surface area contributed by atoms with Crippen molar-refractivity contribution in [1.29, 1.82) is 0 Å². The first-order chi connectivity index (χ1) is 9.30. The van der Waals surface area contributed by atoms with Crippen molar-refractivity contribution in [3.8, 4) is 0 Å². The van der Waals surface area contributed by atoms with Gasteiger partial charge in [-0.2, -0.15) is 0 Å². The maximum Gasteiger partial charge on any atom is 0.122 e. The zero-order chi connectivity index (χ0) is 13.7. The van der Waals surface area contributed by atoms with Gasteiger partial charge in [0.2, 0.25) is 0 Å². The fourth-order valence-electron chi connectivity index (χ4n) is 2.69. The summed E-state index contributed by atoms with van der Waals surface area (Å²) in [5.41, 5.74) is 1.32. The molecular weight excluding hydrogens is 256 g/mol. The van der Waals surface area contributed by atoms with Crippen LogP contribution in [0.1, 0.15) is 73.7 Å². The van der Waals surface area contributed by atoms with Crippen LogP contribution in [0.2, 0.25) is 0 Å². The number of aryl methyl sites for hydroxylation is 1. The number of hydrogen-bond donors (Lipinski definition) is 1. The van der Waals surface area contributed by atoms with E-state index >= 15 is 0 Å². The topological polar surface area (TPSA) is 34.2 Å². The van der Waals surface area contributed by atoms with Crippen molar-refractivity contribution < 1.29 is 4.74 Å². The molecule has 1 aromatic heterocycles. The number of aromatic nitrogens is 1. The maximum atomic E-state index is 5.60. The molecule has 1 N–H and O–H groups in total. The van der Waals surface area contributed by atoms with E-state index in [9.17, 15) is 0 Å². The highest BCUT2D eigenvalue weighted by Crippen LogP contribution is 2.37. The largest absolute Gasteiger partial charge is 0.374 e. The molecule has 1 heterocycles. The van der Waals surface area contributed by atoms with E-state index in [1.54, 1.807) is 7.11 Å². The standard InChI is InChI=1S/C15H26N2OS/c1-4-7-13(18-3)15-17-12-9-6-8-11(14(12)19-15)16-10-5-2/h11,13,16H,4-10H2,1-3H3. The first-order valence-electron chi connectivity index (χ1n) is 7.55. The average Bonchev–Trinajstić information content (AvgIpc) is 2.86. The Morgan fingerprint density at radius 2 is 2.26 bits per heavy atom. The molecule has 2 rings (SSSR count). The molecule has 2 unspecified atom stereocenters. The second-order valence-corrected chi connectivity index (χ2v) is 6.34. The van der Waals surface area contributed by atoms with Crippen LogP contribution < -0.4 is 5.32 Å². The molecule has 2 atom stereocenters. The summed E-state index contributed by atoms with van der Waals surface area (Å²) in [7, 11) is 1.80. The van der Waals surface area contributed by atoms with Gasteiger partial charge >= 0.3 is 0 Å². The molecule has 0 saturated heterocycles. The summed E-state index contributed by atoms with van der Waals surface area (Å²) in [5, 5.41) is 4.84. The smallest absolute Gasteiger partial charge is 0.122 e. The van der Waals surface area contributed by atoms with Crippen molar-refractivity contribution >= 4 is 11.3 Å². The predicted molar refractivity (Wildman–Crippen MR) is 80.7 cm³/mol. The Labute approximate surface area is 120 Å². The minimum atomic E-state index is 0.187. The lowest BCUT2D eigenvalue weighted by Crippen LogP contribution is -2.24. The van der Waals surface area contributed by atoms with Crippen LogP contribution >= 0.6 is 11.3 Å². The maximum absolute atomic E-state index is 5.60. The number of hydrogen-bond acceptors (Lipinski definition) is 4. The van der Waals surface area contributed by atoms with Gasteiger partial charge in [0, 0.05) is 18.0 Å². The summed E-state index contributed by atoms with van der Waals surface area (Å²) in [5.74, 6) is 0. The van der Waals surface area contributed by atoms with Gasteiger partial charge in [0.1, 0.15) is 11.1 Å². The number of methoxy groups -OCH3 is 1. The predicted octanol–water partition coefficient (Wildman–Crippen LogP) is 4.01. The molecule has 1 aliphatic rings. The fraction of sp³-hybridized carbons (Fsp3) is 0.800. The van der Waals surface area contributed by atoms with Crippen molar-refractivity contribution in [2.45, 2.75) is 64.5 Å². The van der Waals surface area contributed by atoms with Crippen LogP contribution in [0.5, 0.6) is 0 Å². The molecule has 0 spiro atoms. The van der Waals surface area contributed by atoms with Gasteiger partial charge < -0.3 is 10.1 Å². The summed E-state index contributed by atoms with van der Waals surface area (Å²) in [4.78, 5) is 6.32.